The molecule has 0 spiro atoms. The Bertz CT molecular complexity index is 1200. The number of Topliss-reactive ketones (excluding diaryl/α,β-unsaturated/α-hetero) is 1. The molecule has 0 radical (unpaired) electrons. The van der Waals surface area contributed by atoms with Crippen molar-refractivity contribution in [2.75, 3.05) is 31.2 Å². The Morgan fingerprint density at radius 3 is 2.46 bits per heavy atom. The van der Waals surface area contributed by atoms with Crippen LogP contribution >= 0.6 is 23.4 Å². The molecule has 1 saturated heterocycles. The lowest BCUT2D eigenvalue weighted by Gasteiger charge is -2.25. The van der Waals surface area contributed by atoms with Crippen molar-refractivity contribution in [1.29, 1.82) is 0 Å². The molecule has 1 heterocycles. The topological polar surface area (TPSA) is 139 Å². The van der Waals surface area contributed by atoms with E-state index < -0.39 is 40.5 Å². The van der Waals surface area contributed by atoms with Crippen LogP contribution in [0.25, 0.3) is 0 Å². The van der Waals surface area contributed by atoms with Gasteiger partial charge in [0.05, 0.1) is 16.0 Å². The Labute approximate surface area is 224 Å². The molecule has 37 heavy (non-hydrogen) atoms. The zero-order valence-corrected chi connectivity index (χ0v) is 22.2. The summed E-state index contributed by atoms with van der Waals surface area (Å²) in [5.41, 5.74) is 0.744. The number of amides is 1. The Hall–Kier alpha value is -2.80. The van der Waals surface area contributed by atoms with Gasteiger partial charge in [-0.2, -0.15) is 16.1 Å². The number of benzene rings is 2. The highest BCUT2D eigenvalue weighted by atomic mass is 35.5. The average Bonchev–Trinajstić information content (AvgIpc) is 2.89. The second-order valence-corrected chi connectivity index (χ2v) is 11.6. The van der Waals surface area contributed by atoms with Crippen molar-refractivity contribution in [2.24, 2.45) is 0 Å². The Morgan fingerprint density at radius 2 is 1.81 bits per heavy atom. The number of carbonyl (C=O) groups excluding carboxylic acids is 2. The first-order valence-corrected chi connectivity index (χ1v) is 14.4. The van der Waals surface area contributed by atoms with E-state index in [0.717, 1.165) is 5.56 Å². The molecule has 200 valence electrons. The molecule has 2 aromatic rings. The van der Waals surface area contributed by atoms with Gasteiger partial charge in [0, 0.05) is 31.0 Å². The number of ketones is 1. The number of sulfonamides is 1. The molecule has 1 aliphatic rings. The number of ether oxygens (including phenoxy) is 2. The van der Waals surface area contributed by atoms with Crippen molar-refractivity contribution in [3.63, 3.8) is 0 Å². The van der Waals surface area contributed by atoms with Gasteiger partial charge in [0.15, 0.2) is 5.78 Å². The van der Waals surface area contributed by atoms with Crippen molar-refractivity contribution in [1.82, 2.24) is 9.62 Å². The summed E-state index contributed by atoms with van der Waals surface area (Å²) in [6.07, 6.45) is -1.41. The summed E-state index contributed by atoms with van der Waals surface area (Å²) in [5.74, 6) is -0.228. The van der Waals surface area contributed by atoms with Crippen molar-refractivity contribution >= 4 is 51.2 Å². The predicted molar refractivity (Wildman–Crippen MR) is 138 cm³/mol. The SMILES string of the molecule is O=C(O)CC[C@H](NC(=O)OCc1ccccc1)C(=O)COc1ccc(S(=O)(=O)N2CCSCC2)cc1Cl. The number of carboxylic acids is 1. The summed E-state index contributed by atoms with van der Waals surface area (Å²) in [5, 5.41) is 11.4. The number of nitrogens with zero attached hydrogens (tertiary/aromatic N) is 1. The number of halogens is 1. The molecular formula is C24H27ClN2O8S2. The molecule has 0 aromatic heterocycles. The summed E-state index contributed by atoms with van der Waals surface area (Å²) in [4.78, 5) is 36.0. The van der Waals surface area contributed by atoms with Gasteiger partial charge in [-0.1, -0.05) is 41.9 Å². The molecule has 0 bridgehead atoms. The van der Waals surface area contributed by atoms with Gasteiger partial charge in [-0.25, -0.2) is 13.2 Å². The normalized spacial score (nSPS) is 14.9. The highest BCUT2D eigenvalue weighted by Crippen LogP contribution is 2.29. The van der Waals surface area contributed by atoms with Gasteiger partial charge >= 0.3 is 12.1 Å². The van der Waals surface area contributed by atoms with Gasteiger partial charge in [-0.15, -0.1) is 0 Å². The summed E-state index contributed by atoms with van der Waals surface area (Å²) in [6.45, 7) is 0.272. The van der Waals surface area contributed by atoms with Crippen LogP contribution in [-0.2, 0) is 31.0 Å². The van der Waals surface area contributed by atoms with Crippen LogP contribution < -0.4 is 10.1 Å². The smallest absolute Gasteiger partial charge is 0.408 e. The van der Waals surface area contributed by atoms with Crippen molar-refractivity contribution in [2.45, 2.75) is 30.4 Å². The minimum absolute atomic E-state index is 0.00224. The first kappa shape index (κ1) is 28.8. The van der Waals surface area contributed by atoms with Crippen LogP contribution in [0.5, 0.6) is 5.75 Å². The Kier molecular flexibility index (Phi) is 10.6. The molecule has 1 fully saturated rings. The fourth-order valence-electron chi connectivity index (χ4n) is 3.43. The molecule has 10 nitrogen and oxygen atoms in total. The van der Waals surface area contributed by atoms with E-state index in [1.807, 2.05) is 6.07 Å². The second kappa shape index (κ2) is 13.7. The molecule has 1 atom stereocenters. The third-order valence-corrected chi connectivity index (χ3v) is 8.55. The minimum atomic E-state index is -3.70. The Morgan fingerprint density at radius 1 is 1.11 bits per heavy atom. The predicted octanol–water partition coefficient (Wildman–Crippen LogP) is 3.19. The maximum absolute atomic E-state index is 12.8. The number of aliphatic carboxylic acids is 1. The van der Waals surface area contributed by atoms with Crippen LogP contribution in [0, 0.1) is 0 Å². The van der Waals surface area contributed by atoms with E-state index in [1.165, 1.54) is 22.5 Å². The first-order chi connectivity index (χ1) is 17.7. The van der Waals surface area contributed by atoms with E-state index in [4.69, 9.17) is 26.2 Å². The first-order valence-electron chi connectivity index (χ1n) is 11.4. The van der Waals surface area contributed by atoms with Crippen molar-refractivity contribution < 1.29 is 37.4 Å². The number of hydrogen-bond donors (Lipinski definition) is 2. The highest BCUT2D eigenvalue weighted by Gasteiger charge is 2.27. The van der Waals surface area contributed by atoms with Gasteiger partial charge in [-0.05, 0) is 30.2 Å². The fraction of sp³-hybridized carbons (Fsp3) is 0.375. The monoisotopic (exact) mass is 570 g/mol. The Balaban J connectivity index is 1.60. The van der Waals surface area contributed by atoms with Gasteiger partial charge in [0.25, 0.3) is 0 Å². The number of rotatable bonds is 12. The summed E-state index contributed by atoms with van der Waals surface area (Å²) >= 11 is 7.92. The number of carbonyl (C=O) groups is 3. The average molecular weight is 571 g/mol. The minimum Gasteiger partial charge on any atom is -0.484 e. The molecule has 2 aromatic carbocycles. The van der Waals surface area contributed by atoms with E-state index in [-0.39, 0.29) is 35.1 Å². The second-order valence-electron chi connectivity index (χ2n) is 8.05. The van der Waals surface area contributed by atoms with Gasteiger partial charge in [-0.3, -0.25) is 9.59 Å². The molecule has 13 heteroatoms. The number of carboxylic acid groups (broad SMARTS) is 1. The van der Waals surface area contributed by atoms with Crippen LogP contribution in [0.3, 0.4) is 0 Å². The van der Waals surface area contributed by atoms with Crippen LogP contribution in [0.2, 0.25) is 5.02 Å². The van der Waals surface area contributed by atoms with Crippen molar-refractivity contribution in [3.05, 3.63) is 59.1 Å². The molecule has 3 rings (SSSR count). The van der Waals surface area contributed by atoms with E-state index in [0.29, 0.717) is 24.6 Å². The van der Waals surface area contributed by atoms with Crippen LogP contribution in [0.1, 0.15) is 18.4 Å². The van der Waals surface area contributed by atoms with Crippen LogP contribution in [0.4, 0.5) is 4.79 Å². The number of hydrogen-bond acceptors (Lipinski definition) is 8. The summed E-state index contributed by atoms with van der Waals surface area (Å²) < 4.78 is 37.7. The quantitative estimate of drug-likeness (QED) is 0.394. The van der Waals surface area contributed by atoms with Gasteiger partial charge in [0.1, 0.15) is 19.0 Å². The molecule has 0 aliphatic carbocycles. The lowest BCUT2D eigenvalue weighted by atomic mass is 10.1. The standard InChI is InChI=1S/C24H27ClN2O8S2/c25-19-14-18(37(32,33)27-10-12-36-13-11-27)6-8-22(19)34-16-21(28)20(7-9-23(29)30)26-24(31)35-15-17-4-2-1-3-5-17/h1-6,8,14,20H,7,9-13,15-16H2,(H,26,31)(H,29,30)/t20-/m0/s1. The van der Waals surface area contributed by atoms with Crippen molar-refractivity contribution in [3.8, 4) is 5.75 Å². The van der Waals surface area contributed by atoms with Gasteiger partial charge < -0.3 is 19.9 Å². The largest absolute Gasteiger partial charge is 0.484 e. The van der Waals surface area contributed by atoms with E-state index >= 15 is 0 Å². The van der Waals surface area contributed by atoms with E-state index in [9.17, 15) is 22.8 Å². The van der Waals surface area contributed by atoms with E-state index in [1.54, 1.807) is 36.0 Å². The zero-order chi connectivity index (χ0) is 26.8. The zero-order valence-electron chi connectivity index (χ0n) is 19.8. The van der Waals surface area contributed by atoms with E-state index in [2.05, 4.69) is 5.32 Å². The van der Waals surface area contributed by atoms with Crippen LogP contribution in [-0.4, -0.2) is 72.9 Å². The fourth-order valence-corrected chi connectivity index (χ4v) is 6.34. The van der Waals surface area contributed by atoms with Gasteiger partial charge in [0.2, 0.25) is 10.0 Å². The third kappa shape index (κ3) is 8.63. The summed E-state index contributed by atoms with van der Waals surface area (Å²) in [6, 6.07) is 11.7. The molecule has 1 aliphatic heterocycles. The highest BCUT2D eigenvalue weighted by molar-refractivity contribution is 7.99. The molecule has 0 unspecified atom stereocenters. The van der Waals surface area contributed by atoms with Crippen LogP contribution in [0.15, 0.2) is 53.4 Å². The molecule has 0 saturated carbocycles. The number of thioether (sulfide) groups is 1. The third-order valence-electron chi connectivity index (χ3n) is 5.42. The molecule has 1 amide bonds. The number of alkyl carbamates (subject to hydrolysis) is 1. The number of nitrogens with one attached hydrogen (secondary N) is 1. The lowest BCUT2D eigenvalue weighted by molar-refractivity contribution is -0.137. The summed E-state index contributed by atoms with van der Waals surface area (Å²) in [7, 11) is -3.70. The molecular weight excluding hydrogens is 544 g/mol. The maximum Gasteiger partial charge on any atom is 0.408 e. The maximum atomic E-state index is 12.8. The lowest BCUT2D eigenvalue weighted by Crippen LogP contribution is -2.43. The molecule has 2 N–H and O–H groups in total.